The van der Waals surface area contributed by atoms with Crippen molar-refractivity contribution in [2.24, 2.45) is 5.73 Å². The molecule has 1 aromatic carbocycles. The molecule has 0 saturated carbocycles. The van der Waals surface area contributed by atoms with Gasteiger partial charge in [-0.25, -0.2) is 4.39 Å². The molecule has 3 N–H and O–H groups in total. The lowest BCUT2D eigenvalue weighted by molar-refractivity contribution is 0.0950. The number of hydrogen-bond acceptors (Lipinski definition) is 3. The molecule has 0 aliphatic carbocycles. The van der Waals surface area contributed by atoms with Crippen molar-refractivity contribution >= 4 is 5.91 Å². The van der Waals surface area contributed by atoms with E-state index in [1.54, 1.807) is 0 Å². The van der Waals surface area contributed by atoms with Gasteiger partial charge in [0.25, 0.3) is 5.91 Å². The Morgan fingerprint density at radius 3 is 2.95 bits per heavy atom. The number of aromatic nitrogens is 1. The third kappa shape index (κ3) is 4.41. The first-order valence-electron chi connectivity index (χ1n) is 6.35. The number of nitrogens with zero attached hydrogens (tertiary/aromatic N) is 1. The highest BCUT2D eigenvalue weighted by atomic mass is 19.1. The smallest absolute Gasteiger partial charge is 0.253 e. The Hall–Kier alpha value is -2.71. The number of halogens is 1. The standard InChI is InChI=1S/C16H14FN3O/c17-15-8-14(10-19-11-15)16(21)20-9-13-4-1-3-12(7-13)5-2-6-18/h1,3-4,7-8,10-11H,6,9,18H2,(H,20,21). The average Bonchev–Trinajstić information content (AvgIpc) is 2.51. The Labute approximate surface area is 122 Å². The molecule has 1 aromatic heterocycles. The Balaban J connectivity index is 2.01. The Bertz CT molecular complexity index is 704. The summed E-state index contributed by atoms with van der Waals surface area (Å²) in [6, 6.07) is 8.60. The monoisotopic (exact) mass is 283 g/mol. The molecule has 4 nitrogen and oxygen atoms in total. The van der Waals surface area contributed by atoms with Gasteiger partial charge in [0, 0.05) is 18.3 Å². The maximum absolute atomic E-state index is 13.0. The first-order valence-corrected chi connectivity index (χ1v) is 6.35. The Morgan fingerprint density at radius 2 is 2.19 bits per heavy atom. The molecule has 0 unspecified atom stereocenters. The van der Waals surface area contributed by atoms with E-state index in [2.05, 4.69) is 22.1 Å². The molecule has 21 heavy (non-hydrogen) atoms. The Kier molecular flexibility index (Phi) is 5.02. The molecule has 1 heterocycles. The quantitative estimate of drug-likeness (QED) is 0.838. The molecule has 0 bridgehead atoms. The molecule has 106 valence electrons. The van der Waals surface area contributed by atoms with Crippen LogP contribution in [-0.2, 0) is 6.54 Å². The highest BCUT2D eigenvalue weighted by Crippen LogP contribution is 2.05. The van der Waals surface area contributed by atoms with E-state index in [-0.39, 0.29) is 11.5 Å². The third-order valence-electron chi connectivity index (χ3n) is 2.68. The first-order chi connectivity index (χ1) is 10.2. The van der Waals surface area contributed by atoms with Crippen LogP contribution in [0.2, 0.25) is 0 Å². The number of amides is 1. The second-order valence-electron chi connectivity index (χ2n) is 4.28. The van der Waals surface area contributed by atoms with Crippen LogP contribution in [0.4, 0.5) is 4.39 Å². The van der Waals surface area contributed by atoms with Gasteiger partial charge >= 0.3 is 0 Å². The maximum Gasteiger partial charge on any atom is 0.253 e. The zero-order chi connectivity index (χ0) is 15.1. The van der Waals surface area contributed by atoms with Gasteiger partial charge in [-0.15, -0.1) is 0 Å². The summed E-state index contributed by atoms with van der Waals surface area (Å²) in [6.45, 7) is 0.626. The molecule has 0 fully saturated rings. The van der Waals surface area contributed by atoms with Gasteiger partial charge in [0.15, 0.2) is 0 Å². The summed E-state index contributed by atoms with van der Waals surface area (Å²) in [5.74, 6) is 4.78. The van der Waals surface area contributed by atoms with Crippen molar-refractivity contribution < 1.29 is 9.18 Å². The van der Waals surface area contributed by atoms with Crippen molar-refractivity contribution in [1.29, 1.82) is 0 Å². The van der Waals surface area contributed by atoms with Gasteiger partial charge in [0.1, 0.15) is 5.82 Å². The van der Waals surface area contributed by atoms with Crippen LogP contribution in [0, 0.1) is 17.7 Å². The summed E-state index contributed by atoms with van der Waals surface area (Å²) in [5.41, 5.74) is 7.24. The van der Waals surface area contributed by atoms with Crippen LogP contribution in [0.3, 0.4) is 0 Å². The Morgan fingerprint density at radius 1 is 1.33 bits per heavy atom. The molecular weight excluding hydrogens is 269 g/mol. The molecule has 5 heteroatoms. The molecule has 0 radical (unpaired) electrons. The number of carbonyl (C=O) groups is 1. The number of nitrogens with two attached hydrogens (primary N) is 1. The summed E-state index contributed by atoms with van der Waals surface area (Å²) in [7, 11) is 0. The molecular formula is C16H14FN3O. The first kappa shape index (κ1) is 14.7. The highest BCUT2D eigenvalue weighted by Gasteiger charge is 2.06. The molecule has 0 saturated heterocycles. The summed E-state index contributed by atoms with van der Waals surface area (Å²) in [5, 5.41) is 2.71. The summed E-state index contributed by atoms with van der Waals surface area (Å²) in [4.78, 5) is 15.5. The minimum absolute atomic E-state index is 0.189. The maximum atomic E-state index is 13.0. The van der Waals surface area contributed by atoms with Crippen LogP contribution < -0.4 is 11.1 Å². The van der Waals surface area contributed by atoms with E-state index in [0.717, 1.165) is 23.4 Å². The van der Waals surface area contributed by atoms with Gasteiger partial charge in [0.2, 0.25) is 0 Å². The normalized spacial score (nSPS) is 9.62. The molecule has 2 aromatic rings. The number of benzene rings is 1. The van der Waals surface area contributed by atoms with Gasteiger partial charge in [-0.2, -0.15) is 0 Å². The zero-order valence-corrected chi connectivity index (χ0v) is 11.3. The van der Waals surface area contributed by atoms with Gasteiger partial charge in [-0.05, 0) is 23.8 Å². The predicted octanol–water partition coefficient (Wildman–Crippen LogP) is 1.46. The van der Waals surface area contributed by atoms with Gasteiger partial charge in [-0.1, -0.05) is 24.0 Å². The van der Waals surface area contributed by atoms with Crippen molar-refractivity contribution in [3.63, 3.8) is 0 Å². The van der Waals surface area contributed by atoms with Gasteiger partial charge in [0.05, 0.1) is 18.3 Å². The van der Waals surface area contributed by atoms with Crippen LogP contribution >= 0.6 is 0 Å². The number of rotatable bonds is 3. The lowest BCUT2D eigenvalue weighted by Crippen LogP contribution is -2.23. The van der Waals surface area contributed by atoms with E-state index in [9.17, 15) is 9.18 Å². The molecule has 0 aliphatic heterocycles. The topological polar surface area (TPSA) is 68.0 Å². The van der Waals surface area contributed by atoms with E-state index in [0.29, 0.717) is 13.1 Å². The van der Waals surface area contributed by atoms with Crippen LogP contribution in [0.15, 0.2) is 42.7 Å². The van der Waals surface area contributed by atoms with Crippen LogP contribution in [0.25, 0.3) is 0 Å². The molecule has 0 atom stereocenters. The van der Waals surface area contributed by atoms with E-state index in [1.165, 1.54) is 6.20 Å². The van der Waals surface area contributed by atoms with Crippen LogP contribution in [0.1, 0.15) is 21.5 Å². The highest BCUT2D eigenvalue weighted by molar-refractivity contribution is 5.93. The average molecular weight is 283 g/mol. The van der Waals surface area contributed by atoms with Crippen LogP contribution in [0.5, 0.6) is 0 Å². The second kappa shape index (κ2) is 7.17. The second-order valence-corrected chi connectivity index (χ2v) is 4.28. The lowest BCUT2D eigenvalue weighted by Gasteiger charge is -2.05. The third-order valence-corrected chi connectivity index (χ3v) is 2.68. The van der Waals surface area contributed by atoms with Crippen molar-refractivity contribution in [3.05, 3.63) is 65.2 Å². The number of hydrogen-bond donors (Lipinski definition) is 2. The fourth-order valence-electron chi connectivity index (χ4n) is 1.73. The van der Waals surface area contributed by atoms with E-state index < -0.39 is 5.82 Å². The van der Waals surface area contributed by atoms with E-state index >= 15 is 0 Å². The summed E-state index contributed by atoms with van der Waals surface area (Å²) >= 11 is 0. The zero-order valence-electron chi connectivity index (χ0n) is 11.3. The summed E-state index contributed by atoms with van der Waals surface area (Å²) < 4.78 is 13.0. The van der Waals surface area contributed by atoms with Crippen LogP contribution in [-0.4, -0.2) is 17.4 Å². The molecule has 1 amide bonds. The van der Waals surface area contributed by atoms with E-state index in [4.69, 9.17) is 5.73 Å². The lowest BCUT2D eigenvalue weighted by atomic mass is 10.1. The van der Waals surface area contributed by atoms with Crippen molar-refractivity contribution in [3.8, 4) is 11.8 Å². The predicted molar refractivity (Wildman–Crippen MR) is 77.7 cm³/mol. The van der Waals surface area contributed by atoms with Gasteiger partial charge < -0.3 is 11.1 Å². The molecule has 0 aliphatic rings. The van der Waals surface area contributed by atoms with Crippen molar-refractivity contribution in [1.82, 2.24) is 10.3 Å². The largest absolute Gasteiger partial charge is 0.348 e. The minimum atomic E-state index is -0.540. The number of carbonyl (C=O) groups excluding carboxylic acids is 1. The number of nitrogens with one attached hydrogen (secondary N) is 1. The number of pyridine rings is 1. The van der Waals surface area contributed by atoms with Crippen molar-refractivity contribution in [2.45, 2.75) is 6.54 Å². The molecule has 2 rings (SSSR count). The SMILES string of the molecule is NCC#Cc1cccc(CNC(=O)c2cncc(F)c2)c1. The van der Waals surface area contributed by atoms with Gasteiger partial charge in [-0.3, -0.25) is 9.78 Å². The van der Waals surface area contributed by atoms with E-state index in [1.807, 2.05) is 24.3 Å². The van der Waals surface area contributed by atoms with Crippen molar-refractivity contribution in [2.75, 3.05) is 6.54 Å². The fraction of sp³-hybridized carbons (Fsp3) is 0.125. The fourth-order valence-corrected chi connectivity index (χ4v) is 1.73. The molecule has 0 spiro atoms. The minimum Gasteiger partial charge on any atom is -0.348 e. The summed E-state index contributed by atoms with van der Waals surface area (Å²) in [6.07, 6.45) is 2.37.